The van der Waals surface area contributed by atoms with Gasteiger partial charge in [0.25, 0.3) is 0 Å². The second-order valence-corrected chi connectivity index (χ2v) is 3.33. The van der Waals surface area contributed by atoms with E-state index in [0.29, 0.717) is 11.3 Å². The lowest BCUT2D eigenvalue weighted by Gasteiger charge is -2.06. The fourth-order valence-electron chi connectivity index (χ4n) is 1.25. The molecule has 16 heavy (non-hydrogen) atoms. The van der Waals surface area contributed by atoms with Crippen LogP contribution in [-0.4, -0.2) is 22.3 Å². The van der Waals surface area contributed by atoms with Gasteiger partial charge in [-0.15, -0.1) is 5.10 Å². The Kier molecular flexibility index (Phi) is 2.96. The molecule has 6 heteroatoms. The topological polar surface area (TPSA) is 47.9 Å². The van der Waals surface area contributed by atoms with Gasteiger partial charge in [-0.2, -0.15) is 5.10 Å². The molecule has 0 unspecified atom stereocenters. The Balaban J connectivity index is 2.58. The number of ether oxygens (including phenoxy) is 1. The number of halogens is 2. The van der Waals surface area contributed by atoms with Crippen molar-refractivity contribution in [3.63, 3.8) is 0 Å². The van der Waals surface area contributed by atoms with E-state index in [1.807, 2.05) is 0 Å². The van der Waals surface area contributed by atoms with Gasteiger partial charge < -0.3 is 4.74 Å². The molecule has 82 valence electrons. The second-order valence-electron chi connectivity index (χ2n) is 2.95. The van der Waals surface area contributed by atoms with E-state index in [1.165, 1.54) is 31.5 Å². The Bertz CT molecular complexity index is 521. The number of nitrogens with zero attached hydrogens (tertiary/aromatic N) is 3. The predicted molar refractivity (Wildman–Crippen MR) is 56.8 cm³/mol. The SMILES string of the molecule is COc1ccc(F)cc1-c1nncc(Cl)n1. The average molecular weight is 240 g/mol. The molecule has 1 aromatic heterocycles. The third-order valence-electron chi connectivity index (χ3n) is 1.93. The van der Waals surface area contributed by atoms with Crippen molar-refractivity contribution in [2.45, 2.75) is 0 Å². The first-order valence-corrected chi connectivity index (χ1v) is 4.77. The normalized spacial score (nSPS) is 10.2. The fraction of sp³-hybridized carbons (Fsp3) is 0.100. The van der Waals surface area contributed by atoms with Crippen LogP contribution in [0.25, 0.3) is 11.4 Å². The van der Waals surface area contributed by atoms with Crippen LogP contribution in [0.4, 0.5) is 4.39 Å². The van der Waals surface area contributed by atoms with Gasteiger partial charge in [0.1, 0.15) is 11.6 Å². The summed E-state index contributed by atoms with van der Waals surface area (Å²) in [5.74, 6) is 0.286. The van der Waals surface area contributed by atoms with E-state index >= 15 is 0 Å². The molecule has 1 heterocycles. The van der Waals surface area contributed by atoms with Crippen LogP contribution in [0.1, 0.15) is 0 Å². The number of aromatic nitrogens is 3. The Morgan fingerprint density at radius 3 is 2.88 bits per heavy atom. The molecule has 0 fully saturated rings. The molecule has 0 N–H and O–H groups in total. The van der Waals surface area contributed by atoms with Crippen LogP contribution in [0.3, 0.4) is 0 Å². The maximum atomic E-state index is 13.1. The first-order chi connectivity index (χ1) is 7.70. The monoisotopic (exact) mass is 239 g/mol. The predicted octanol–water partition coefficient (Wildman–Crippen LogP) is 2.34. The molecule has 0 aliphatic carbocycles. The Labute approximate surface area is 96.1 Å². The van der Waals surface area contributed by atoms with Crippen molar-refractivity contribution in [1.82, 2.24) is 15.2 Å². The summed E-state index contributed by atoms with van der Waals surface area (Å²) < 4.78 is 18.2. The van der Waals surface area contributed by atoms with Crippen molar-refractivity contribution < 1.29 is 9.13 Å². The van der Waals surface area contributed by atoms with Crippen LogP contribution < -0.4 is 4.74 Å². The van der Waals surface area contributed by atoms with Crippen molar-refractivity contribution in [3.8, 4) is 17.1 Å². The molecular formula is C10H7ClFN3O. The van der Waals surface area contributed by atoms with Gasteiger partial charge in [0.2, 0.25) is 0 Å². The van der Waals surface area contributed by atoms with Crippen LogP contribution in [0.2, 0.25) is 5.15 Å². The lowest BCUT2D eigenvalue weighted by atomic mass is 10.2. The second kappa shape index (κ2) is 4.40. The third kappa shape index (κ3) is 2.09. The van der Waals surface area contributed by atoms with Crippen LogP contribution in [0.5, 0.6) is 5.75 Å². The first kappa shape index (κ1) is 10.8. The van der Waals surface area contributed by atoms with Gasteiger partial charge >= 0.3 is 0 Å². The van der Waals surface area contributed by atoms with Crippen molar-refractivity contribution in [3.05, 3.63) is 35.4 Å². The summed E-state index contributed by atoms with van der Waals surface area (Å²) in [6, 6.07) is 4.06. The molecule has 0 aliphatic rings. The Hall–Kier alpha value is -1.75. The van der Waals surface area contributed by atoms with Gasteiger partial charge in [-0.3, -0.25) is 0 Å². The quantitative estimate of drug-likeness (QED) is 0.807. The molecule has 0 atom stereocenters. The summed E-state index contributed by atoms with van der Waals surface area (Å²) in [4.78, 5) is 3.94. The van der Waals surface area contributed by atoms with Crippen molar-refractivity contribution >= 4 is 11.6 Å². The number of rotatable bonds is 2. The summed E-state index contributed by atoms with van der Waals surface area (Å²) in [7, 11) is 1.48. The van der Waals surface area contributed by atoms with E-state index < -0.39 is 5.82 Å². The molecule has 0 aliphatic heterocycles. The van der Waals surface area contributed by atoms with E-state index in [9.17, 15) is 4.39 Å². The third-order valence-corrected chi connectivity index (χ3v) is 2.11. The first-order valence-electron chi connectivity index (χ1n) is 4.40. The zero-order valence-electron chi connectivity index (χ0n) is 8.32. The van der Waals surface area contributed by atoms with Crippen LogP contribution in [-0.2, 0) is 0 Å². The minimum Gasteiger partial charge on any atom is -0.496 e. The Morgan fingerprint density at radius 2 is 2.19 bits per heavy atom. The minimum absolute atomic E-state index is 0.191. The summed E-state index contributed by atoms with van der Waals surface area (Å²) >= 11 is 5.68. The van der Waals surface area contributed by atoms with Crippen molar-refractivity contribution in [2.75, 3.05) is 7.11 Å². The highest BCUT2D eigenvalue weighted by Gasteiger charge is 2.10. The number of hydrogen-bond donors (Lipinski definition) is 0. The van der Waals surface area contributed by atoms with Crippen molar-refractivity contribution in [2.24, 2.45) is 0 Å². The van der Waals surface area contributed by atoms with E-state index in [4.69, 9.17) is 16.3 Å². The van der Waals surface area contributed by atoms with E-state index in [-0.39, 0.29) is 11.0 Å². The average Bonchev–Trinajstić information content (AvgIpc) is 2.29. The molecule has 2 rings (SSSR count). The standard InChI is InChI=1S/C10H7ClFN3O/c1-16-8-3-2-6(12)4-7(8)10-14-9(11)5-13-15-10/h2-5H,1H3. The van der Waals surface area contributed by atoms with Crippen LogP contribution in [0, 0.1) is 5.82 Å². The molecule has 0 saturated carbocycles. The molecule has 2 aromatic rings. The molecule has 1 aromatic carbocycles. The molecule has 0 spiro atoms. The van der Waals surface area contributed by atoms with Gasteiger partial charge in [0, 0.05) is 0 Å². The lowest BCUT2D eigenvalue weighted by Crippen LogP contribution is -1.95. The summed E-state index contributed by atoms with van der Waals surface area (Å²) in [5, 5.41) is 7.60. The van der Waals surface area contributed by atoms with E-state index in [0.717, 1.165) is 0 Å². The lowest BCUT2D eigenvalue weighted by molar-refractivity contribution is 0.415. The zero-order chi connectivity index (χ0) is 11.5. The smallest absolute Gasteiger partial charge is 0.187 e. The van der Waals surface area contributed by atoms with Gasteiger partial charge in [-0.25, -0.2) is 9.37 Å². The highest BCUT2D eigenvalue weighted by atomic mass is 35.5. The van der Waals surface area contributed by atoms with E-state index in [2.05, 4.69) is 15.2 Å². The van der Waals surface area contributed by atoms with Crippen LogP contribution >= 0.6 is 11.6 Å². The largest absolute Gasteiger partial charge is 0.496 e. The molecule has 0 radical (unpaired) electrons. The van der Waals surface area contributed by atoms with Crippen LogP contribution in [0.15, 0.2) is 24.4 Å². The maximum Gasteiger partial charge on any atom is 0.187 e. The summed E-state index contributed by atoms with van der Waals surface area (Å²) in [5.41, 5.74) is 0.414. The number of methoxy groups -OCH3 is 1. The highest BCUT2D eigenvalue weighted by Crippen LogP contribution is 2.27. The van der Waals surface area contributed by atoms with E-state index in [1.54, 1.807) is 0 Å². The van der Waals surface area contributed by atoms with Crippen molar-refractivity contribution in [1.29, 1.82) is 0 Å². The molecule has 0 bridgehead atoms. The molecule has 0 saturated heterocycles. The summed E-state index contributed by atoms with van der Waals surface area (Å²) in [6.07, 6.45) is 1.30. The molecule has 0 amide bonds. The fourth-order valence-corrected chi connectivity index (χ4v) is 1.38. The number of hydrogen-bond acceptors (Lipinski definition) is 4. The van der Waals surface area contributed by atoms with Gasteiger partial charge in [0.05, 0.1) is 18.9 Å². The van der Waals surface area contributed by atoms with Gasteiger partial charge in [-0.05, 0) is 18.2 Å². The molecular weight excluding hydrogens is 233 g/mol. The zero-order valence-corrected chi connectivity index (χ0v) is 9.07. The molecule has 4 nitrogen and oxygen atoms in total. The maximum absolute atomic E-state index is 13.1. The Morgan fingerprint density at radius 1 is 1.38 bits per heavy atom. The highest BCUT2D eigenvalue weighted by molar-refractivity contribution is 6.29. The number of benzene rings is 1. The summed E-state index contributed by atoms with van der Waals surface area (Å²) in [6.45, 7) is 0. The minimum atomic E-state index is -0.403. The van der Waals surface area contributed by atoms with Gasteiger partial charge in [0.15, 0.2) is 11.0 Å². The van der Waals surface area contributed by atoms with Gasteiger partial charge in [-0.1, -0.05) is 11.6 Å².